The summed E-state index contributed by atoms with van der Waals surface area (Å²) < 4.78 is 14.7. The SMILES string of the molecule is Cn1c(-c2ccccc2)cnc1NC(=O)c1ccc(F)cc1. The van der Waals surface area contributed by atoms with Crippen LogP contribution in [-0.2, 0) is 7.05 Å². The molecule has 0 aliphatic heterocycles. The first-order chi connectivity index (χ1) is 10.6. The summed E-state index contributed by atoms with van der Waals surface area (Å²) >= 11 is 0. The van der Waals surface area contributed by atoms with Gasteiger partial charge < -0.3 is 4.57 Å². The van der Waals surface area contributed by atoms with E-state index in [1.54, 1.807) is 10.8 Å². The number of halogens is 1. The number of nitrogens with zero attached hydrogens (tertiary/aromatic N) is 2. The number of carbonyl (C=O) groups excluding carboxylic acids is 1. The van der Waals surface area contributed by atoms with Gasteiger partial charge in [0.1, 0.15) is 5.82 Å². The standard InChI is InChI=1S/C17H14FN3O/c1-21-15(12-5-3-2-4-6-12)11-19-17(21)20-16(22)13-7-9-14(18)10-8-13/h2-11H,1H3,(H,19,20,22). The van der Waals surface area contributed by atoms with E-state index in [0.717, 1.165) is 11.3 Å². The Labute approximate surface area is 127 Å². The quantitative estimate of drug-likeness (QED) is 0.804. The van der Waals surface area contributed by atoms with E-state index in [2.05, 4.69) is 10.3 Å². The minimum absolute atomic E-state index is 0.326. The average molecular weight is 295 g/mol. The van der Waals surface area contributed by atoms with Gasteiger partial charge in [0.15, 0.2) is 0 Å². The number of anilines is 1. The molecule has 0 fully saturated rings. The Morgan fingerprint density at radius 2 is 1.77 bits per heavy atom. The van der Waals surface area contributed by atoms with Crippen molar-refractivity contribution >= 4 is 11.9 Å². The Hall–Kier alpha value is -2.95. The molecule has 0 saturated heterocycles. The number of amides is 1. The van der Waals surface area contributed by atoms with Gasteiger partial charge in [-0.1, -0.05) is 30.3 Å². The van der Waals surface area contributed by atoms with Crippen molar-refractivity contribution in [3.8, 4) is 11.3 Å². The maximum atomic E-state index is 12.9. The van der Waals surface area contributed by atoms with Crippen LogP contribution >= 0.6 is 0 Å². The van der Waals surface area contributed by atoms with Gasteiger partial charge >= 0.3 is 0 Å². The highest BCUT2D eigenvalue weighted by molar-refractivity contribution is 6.03. The highest BCUT2D eigenvalue weighted by Gasteiger charge is 2.12. The van der Waals surface area contributed by atoms with Gasteiger partial charge in [0, 0.05) is 12.6 Å². The van der Waals surface area contributed by atoms with Gasteiger partial charge in [0.05, 0.1) is 11.9 Å². The monoisotopic (exact) mass is 295 g/mol. The number of hydrogen-bond acceptors (Lipinski definition) is 2. The molecule has 0 radical (unpaired) electrons. The largest absolute Gasteiger partial charge is 0.313 e. The van der Waals surface area contributed by atoms with Crippen LogP contribution in [0.15, 0.2) is 60.8 Å². The van der Waals surface area contributed by atoms with Crippen LogP contribution in [0.1, 0.15) is 10.4 Å². The molecule has 1 N–H and O–H groups in total. The van der Waals surface area contributed by atoms with E-state index in [4.69, 9.17) is 0 Å². The predicted molar refractivity (Wildman–Crippen MR) is 83.0 cm³/mol. The molecule has 0 aliphatic rings. The fourth-order valence-electron chi connectivity index (χ4n) is 2.18. The maximum absolute atomic E-state index is 12.9. The van der Waals surface area contributed by atoms with Crippen molar-refractivity contribution in [1.82, 2.24) is 9.55 Å². The second-order valence-electron chi connectivity index (χ2n) is 4.85. The van der Waals surface area contributed by atoms with Crippen LogP contribution in [0.4, 0.5) is 10.3 Å². The predicted octanol–water partition coefficient (Wildman–Crippen LogP) is 3.48. The maximum Gasteiger partial charge on any atom is 0.257 e. The summed E-state index contributed by atoms with van der Waals surface area (Å²) in [7, 11) is 1.83. The molecule has 5 heteroatoms. The summed E-state index contributed by atoms with van der Waals surface area (Å²) in [5, 5.41) is 2.73. The first kappa shape index (κ1) is 14.0. The Balaban J connectivity index is 1.83. The molecular weight excluding hydrogens is 281 g/mol. The van der Waals surface area contributed by atoms with Crippen LogP contribution in [0.5, 0.6) is 0 Å². The fraction of sp³-hybridized carbons (Fsp3) is 0.0588. The van der Waals surface area contributed by atoms with E-state index >= 15 is 0 Å². The molecule has 3 aromatic rings. The third-order valence-corrected chi connectivity index (χ3v) is 3.39. The number of imidazole rings is 1. The summed E-state index contributed by atoms with van der Waals surface area (Å²) in [5.74, 6) is -0.263. The zero-order valence-corrected chi connectivity index (χ0v) is 12.0. The van der Waals surface area contributed by atoms with Gasteiger partial charge in [-0.05, 0) is 29.8 Å². The van der Waals surface area contributed by atoms with Crippen LogP contribution in [0.3, 0.4) is 0 Å². The zero-order valence-electron chi connectivity index (χ0n) is 12.0. The number of rotatable bonds is 3. The van der Waals surface area contributed by atoms with Crippen molar-refractivity contribution in [1.29, 1.82) is 0 Å². The average Bonchev–Trinajstić information content (AvgIpc) is 2.90. The highest BCUT2D eigenvalue weighted by Crippen LogP contribution is 2.21. The Bertz CT molecular complexity index is 795. The van der Waals surface area contributed by atoms with E-state index in [9.17, 15) is 9.18 Å². The molecule has 0 spiro atoms. The van der Waals surface area contributed by atoms with E-state index < -0.39 is 0 Å². The fourth-order valence-corrected chi connectivity index (χ4v) is 2.18. The normalized spacial score (nSPS) is 10.5. The molecule has 22 heavy (non-hydrogen) atoms. The van der Waals surface area contributed by atoms with E-state index in [0.29, 0.717) is 11.5 Å². The number of aromatic nitrogens is 2. The molecule has 4 nitrogen and oxygen atoms in total. The lowest BCUT2D eigenvalue weighted by molar-refractivity contribution is 0.102. The first-order valence-corrected chi connectivity index (χ1v) is 6.79. The first-order valence-electron chi connectivity index (χ1n) is 6.79. The molecule has 0 atom stereocenters. The number of carbonyl (C=O) groups is 1. The van der Waals surface area contributed by atoms with E-state index in [-0.39, 0.29) is 11.7 Å². The zero-order chi connectivity index (χ0) is 15.5. The molecule has 2 aromatic carbocycles. The van der Waals surface area contributed by atoms with Crippen molar-refractivity contribution < 1.29 is 9.18 Å². The third kappa shape index (κ3) is 2.74. The molecule has 0 saturated carbocycles. The lowest BCUT2D eigenvalue weighted by Crippen LogP contribution is -2.15. The molecule has 0 bridgehead atoms. The smallest absolute Gasteiger partial charge is 0.257 e. The molecule has 3 rings (SSSR count). The number of benzene rings is 2. The van der Waals surface area contributed by atoms with Gasteiger partial charge in [-0.2, -0.15) is 0 Å². The van der Waals surface area contributed by atoms with Gasteiger partial charge in [-0.15, -0.1) is 0 Å². The van der Waals surface area contributed by atoms with Crippen LogP contribution in [0, 0.1) is 5.82 Å². The molecule has 0 unspecified atom stereocenters. The van der Waals surface area contributed by atoms with Gasteiger partial charge in [0.2, 0.25) is 5.95 Å². The lowest BCUT2D eigenvalue weighted by atomic mass is 10.2. The van der Waals surface area contributed by atoms with Gasteiger partial charge in [0.25, 0.3) is 5.91 Å². The van der Waals surface area contributed by atoms with Crippen molar-refractivity contribution in [2.75, 3.05) is 5.32 Å². The van der Waals surface area contributed by atoms with Crippen LogP contribution in [0.2, 0.25) is 0 Å². The van der Waals surface area contributed by atoms with Crippen molar-refractivity contribution in [3.63, 3.8) is 0 Å². The Morgan fingerprint density at radius 1 is 1.09 bits per heavy atom. The van der Waals surface area contributed by atoms with Crippen molar-refractivity contribution in [2.24, 2.45) is 7.05 Å². The second kappa shape index (κ2) is 5.81. The Kier molecular flexibility index (Phi) is 3.70. The number of hydrogen-bond donors (Lipinski definition) is 1. The summed E-state index contributed by atoms with van der Waals surface area (Å²) in [5.41, 5.74) is 2.29. The highest BCUT2D eigenvalue weighted by atomic mass is 19.1. The summed E-state index contributed by atoms with van der Waals surface area (Å²) in [6, 6.07) is 15.2. The molecule has 0 aliphatic carbocycles. The molecule has 1 amide bonds. The van der Waals surface area contributed by atoms with Crippen molar-refractivity contribution in [2.45, 2.75) is 0 Å². The Morgan fingerprint density at radius 3 is 2.45 bits per heavy atom. The van der Waals surface area contributed by atoms with E-state index in [1.807, 2.05) is 37.4 Å². The second-order valence-corrected chi connectivity index (χ2v) is 4.85. The molecule has 1 aromatic heterocycles. The number of nitrogens with one attached hydrogen (secondary N) is 1. The molecule has 110 valence electrons. The minimum Gasteiger partial charge on any atom is -0.313 e. The summed E-state index contributed by atoms with van der Waals surface area (Å²) in [6.45, 7) is 0. The molecular formula is C17H14FN3O. The topological polar surface area (TPSA) is 46.9 Å². The van der Waals surface area contributed by atoms with E-state index in [1.165, 1.54) is 24.3 Å². The van der Waals surface area contributed by atoms with Gasteiger partial charge in [-0.25, -0.2) is 9.37 Å². The third-order valence-electron chi connectivity index (χ3n) is 3.39. The minimum atomic E-state index is -0.375. The van der Waals surface area contributed by atoms with Gasteiger partial charge in [-0.3, -0.25) is 10.1 Å². The summed E-state index contributed by atoms with van der Waals surface area (Å²) in [6.07, 6.45) is 1.70. The van der Waals surface area contributed by atoms with Crippen LogP contribution in [0.25, 0.3) is 11.3 Å². The van der Waals surface area contributed by atoms with Crippen LogP contribution < -0.4 is 5.32 Å². The summed E-state index contributed by atoms with van der Waals surface area (Å²) in [4.78, 5) is 16.4. The molecule has 1 heterocycles. The lowest BCUT2D eigenvalue weighted by Gasteiger charge is -2.07. The van der Waals surface area contributed by atoms with Crippen LogP contribution in [-0.4, -0.2) is 15.5 Å². The van der Waals surface area contributed by atoms with Crippen molar-refractivity contribution in [3.05, 3.63) is 72.2 Å².